The van der Waals surface area contributed by atoms with E-state index in [0.717, 1.165) is 32.1 Å². The van der Waals surface area contributed by atoms with Crippen LogP contribution in [0.1, 0.15) is 67.4 Å². The highest BCUT2D eigenvalue weighted by atomic mass is 16.4. The minimum absolute atomic E-state index is 0.0185. The highest BCUT2D eigenvalue weighted by molar-refractivity contribution is 6.03. The number of benzene rings is 1. The quantitative estimate of drug-likeness (QED) is 0.683. The number of aromatic hydroxyl groups is 1. The minimum Gasteiger partial charge on any atom is -0.494 e. The molecule has 0 bridgehead atoms. The predicted octanol–water partition coefficient (Wildman–Crippen LogP) is 2.98. The highest BCUT2D eigenvalue weighted by Gasteiger charge is 2.24. The van der Waals surface area contributed by atoms with Crippen molar-refractivity contribution in [3.8, 4) is 5.88 Å². The van der Waals surface area contributed by atoms with Crippen LogP contribution in [0.3, 0.4) is 0 Å². The second-order valence-corrected chi connectivity index (χ2v) is 6.88. The number of nitrogens with zero attached hydrogens (tertiary/aromatic N) is 2. The molecule has 0 amide bonds. The molecule has 8 nitrogen and oxygen atoms in total. The van der Waals surface area contributed by atoms with Gasteiger partial charge in [0.2, 0.25) is 5.88 Å². The van der Waals surface area contributed by atoms with E-state index in [0.29, 0.717) is 17.8 Å². The van der Waals surface area contributed by atoms with Gasteiger partial charge in [-0.3, -0.25) is 19.3 Å². The summed E-state index contributed by atoms with van der Waals surface area (Å²) in [6.07, 6.45) is 4.92. The number of carboxylic acids is 1. The Morgan fingerprint density at radius 2 is 1.82 bits per heavy atom. The van der Waals surface area contributed by atoms with Gasteiger partial charge in [0.05, 0.1) is 17.0 Å². The molecule has 28 heavy (non-hydrogen) atoms. The SMILES string of the molecule is CCC(=Nc1ccc(C(=O)O)cc1)c1c(O)n(C2CCCCC2)c(=O)[nH]c1=O. The van der Waals surface area contributed by atoms with Crippen molar-refractivity contribution < 1.29 is 15.0 Å². The third-order valence-electron chi connectivity index (χ3n) is 5.06. The number of hydrogen-bond acceptors (Lipinski definition) is 5. The lowest BCUT2D eigenvalue weighted by Crippen LogP contribution is -2.36. The lowest BCUT2D eigenvalue weighted by molar-refractivity contribution is 0.0697. The van der Waals surface area contributed by atoms with Crippen LogP contribution in [0.25, 0.3) is 0 Å². The summed E-state index contributed by atoms with van der Waals surface area (Å²) < 4.78 is 1.27. The van der Waals surface area contributed by atoms with Gasteiger partial charge >= 0.3 is 11.7 Å². The van der Waals surface area contributed by atoms with Crippen molar-refractivity contribution in [2.75, 3.05) is 0 Å². The van der Waals surface area contributed by atoms with Crippen LogP contribution in [0.2, 0.25) is 0 Å². The van der Waals surface area contributed by atoms with E-state index in [1.165, 1.54) is 28.8 Å². The van der Waals surface area contributed by atoms with Gasteiger partial charge in [-0.05, 0) is 43.5 Å². The van der Waals surface area contributed by atoms with Crippen molar-refractivity contribution in [3.05, 3.63) is 56.2 Å². The molecule has 3 rings (SSSR count). The lowest BCUT2D eigenvalue weighted by atomic mass is 9.95. The van der Waals surface area contributed by atoms with Gasteiger partial charge in [0, 0.05) is 6.04 Å². The Hall–Kier alpha value is -3.16. The fraction of sp³-hybridized carbons (Fsp3) is 0.400. The number of aliphatic imine (C=N–C) groups is 1. The molecule has 1 fully saturated rings. The second kappa shape index (κ2) is 8.24. The van der Waals surface area contributed by atoms with Crippen molar-refractivity contribution >= 4 is 17.4 Å². The molecule has 3 N–H and O–H groups in total. The number of hydrogen-bond donors (Lipinski definition) is 3. The molecule has 1 aromatic heterocycles. The molecule has 0 aliphatic heterocycles. The molecule has 0 atom stereocenters. The first-order chi connectivity index (χ1) is 13.4. The zero-order valence-corrected chi connectivity index (χ0v) is 15.6. The minimum atomic E-state index is -1.04. The number of aromatic nitrogens is 2. The number of aromatic amines is 1. The van der Waals surface area contributed by atoms with Gasteiger partial charge in [-0.2, -0.15) is 0 Å². The van der Waals surface area contributed by atoms with E-state index in [1.807, 2.05) is 0 Å². The van der Waals surface area contributed by atoms with Crippen LogP contribution in [-0.4, -0.2) is 31.4 Å². The van der Waals surface area contributed by atoms with Crippen molar-refractivity contribution in [2.24, 2.45) is 4.99 Å². The van der Waals surface area contributed by atoms with Gasteiger partial charge in [0.15, 0.2) is 0 Å². The summed E-state index contributed by atoms with van der Waals surface area (Å²) in [6.45, 7) is 1.79. The van der Waals surface area contributed by atoms with Crippen molar-refractivity contribution in [1.29, 1.82) is 0 Å². The molecule has 1 aromatic carbocycles. The fourth-order valence-electron chi connectivity index (χ4n) is 3.62. The van der Waals surface area contributed by atoms with E-state index in [2.05, 4.69) is 9.98 Å². The molecular formula is C20H23N3O5. The number of aromatic carboxylic acids is 1. The normalized spacial score (nSPS) is 15.5. The molecule has 0 radical (unpaired) electrons. The van der Waals surface area contributed by atoms with E-state index in [4.69, 9.17) is 5.11 Å². The first kappa shape index (κ1) is 19.6. The van der Waals surface area contributed by atoms with Crippen LogP contribution >= 0.6 is 0 Å². The molecule has 8 heteroatoms. The van der Waals surface area contributed by atoms with E-state index in [9.17, 15) is 19.5 Å². The van der Waals surface area contributed by atoms with Gasteiger partial charge in [-0.25, -0.2) is 9.59 Å². The molecule has 1 aliphatic carbocycles. The monoisotopic (exact) mass is 385 g/mol. The summed E-state index contributed by atoms with van der Waals surface area (Å²) in [5, 5.41) is 19.8. The summed E-state index contributed by atoms with van der Waals surface area (Å²) in [6, 6.07) is 5.75. The molecular weight excluding hydrogens is 362 g/mol. The summed E-state index contributed by atoms with van der Waals surface area (Å²) >= 11 is 0. The van der Waals surface area contributed by atoms with Crippen molar-refractivity contribution in [2.45, 2.75) is 51.5 Å². The second-order valence-electron chi connectivity index (χ2n) is 6.88. The maximum Gasteiger partial charge on any atom is 0.335 e. The van der Waals surface area contributed by atoms with Gasteiger partial charge in [-0.1, -0.05) is 26.2 Å². The smallest absolute Gasteiger partial charge is 0.335 e. The first-order valence-electron chi connectivity index (χ1n) is 9.41. The standard InChI is InChI=1S/C20H23N3O5/c1-2-15(21-13-10-8-12(9-11-13)19(26)27)16-17(24)22-20(28)23(18(16)25)14-6-4-3-5-7-14/h8-11,14,25H,2-7H2,1H3,(H,26,27)(H,22,24,28). The Bertz CT molecular complexity index is 1010. The lowest BCUT2D eigenvalue weighted by Gasteiger charge is -2.25. The molecule has 1 aliphatic rings. The molecule has 0 saturated heterocycles. The average molecular weight is 385 g/mol. The molecule has 0 spiro atoms. The number of carbonyl (C=O) groups is 1. The largest absolute Gasteiger partial charge is 0.494 e. The predicted molar refractivity (Wildman–Crippen MR) is 105 cm³/mol. The number of rotatable bonds is 5. The first-order valence-corrected chi connectivity index (χ1v) is 9.41. The average Bonchev–Trinajstić information content (AvgIpc) is 2.68. The van der Waals surface area contributed by atoms with Crippen LogP contribution in [-0.2, 0) is 0 Å². The van der Waals surface area contributed by atoms with Crippen LogP contribution in [0.5, 0.6) is 5.88 Å². The third kappa shape index (κ3) is 3.90. The summed E-state index contributed by atoms with van der Waals surface area (Å²) in [7, 11) is 0. The van der Waals surface area contributed by atoms with E-state index in [-0.39, 0.29) is 23.0 Å². The van der Waals surface area contributed by atoms with Gasteiger partial charge in [0.25, 0.3) is 5.56 Å². The van der Waals surface area contributed by atoms with Gasteiger partial charge in [0.1, 0.15) is 5.56 Å². The van der Waals surface area contributed by atoms with Crippen LogP contribution in [0.4, 0.5) is 5.69 Å². The summed E-state index contributed by atoms with van der Waals surface area (Å²) in [5.41, 5.74) is -0.405. The topological polar surface area (TPSA) is 125 Å². The molecule has 148 valence electrons. The number of H-pyrrole nitrogens is 1. The highest BCUT2D eigenvalue weighted by Crippen LogP contribution is 2.30. The zero-order valence-electron chi connectivity index (χ0n) is 15.6. The molecule has 1 heterocycles. The Labute approximate surface area is 161 Å². The van der Waals surface area contributed by atoms with Crippen LogP contribution < -0.4 is 11.2 Å². The molecule has 2 aromatic rings. The Morgan fingerprint density at radius 3 is 2.39 bits per heavy atom. The van der Waals surface area contributed by atoms with Crippen molar-refractivity contribution in [3.63, 3.8) is 0 Å². The molecule has 1 saturated carbocycles. The number of nitrogens with one attached hydrogen (secondary N) is 1. The maximum absolute atomic E-state index is 12.4. The van der Waals surface area contributed by atoms with Gasteiger partial charge < -0.3 is 10.2 Å². The van der Waals surface area contributed by atoms with Crippen LogP contribution in [0.15, 0.2) is 38.8 Å². The molecule has 0 unspecified atom stereocenters. The van der Waals surface area contributed by atoms with Crippen molar-refractivity contribution in [1.82, 2.24) is 9.55 Å². The number of carboxylic acid groups (broad SMARTS) is 1. The Morgan fingerprint density at radius 1 is 1.18 bits per heavy atom. The fourth-order valence-corrected chi connectivity index (χ4v) is 3.62. The van der Waals surface area contributed by atoms with Crippen LogP contribution in [0, 0.1) is 0 Å². The third-order valence-corrected chi connectivity index (χ3v) is 5.06. The zero-order chi connectivity index (χ0) is 20.3. The van der Waals surface area contributed by atoms with E-state index in [1.54, 1.807) is 6.92 Å². The maximum atomic E-state index is 12.4. The summed E-state index contributed by atoms with van der Waals surface area (Å²) in [5.74, 6) is -1.40. The van der Waals surface area contributed by atoms with E-state index < -0.39 is 17.2 Å². The van der Waals surface area contributed by atoms with E-state index >= 15 is 0 Å². The Balaban J connectivity index is 2.08. The Kier molecular flexibility index (Phi) is 5.77. The van der Waals surface area contributed by atoms with Gasteiger partial charge in [-0.15, -0.1) is 0 Å². The summed E-state index contributed by atoms with van der Waals surface area (Å²) in [4.78, 5) is 42.5.